The minimum absolute atomic E-state index is 0.321. The number of thioether (sulfide) groups is 1. The Labute approximate surface area is 91.7 Å². The third kappa shape index (κ3) is 3.61. The second kappa shape index (κ2) is 4.91. The highest BCUT2D eigenvalue weighted by molar-refractivity contribution is 9.10. The molecule has 0 saturated heterocycles. The van der Waals surface area contributed by atoms with Gasteiger partial charge in [-0.05, 0) is 38.9 Å². The summed E-state index contributed by atoms with van der Waals surface area (Å²) in [6.45, 7) is 4.34. The van der Waals surface area contributed by atoms with Crippen LogP contribution in [0.4, 0.5) is 0 Å². The van der Waals surface area contributed by atoms with E-state index in [4.69, 9.17) is 0 Å². The van der Waals surface area contributed by atoms with Crippen molar-refractivity contribution >= 4 is 27.7 Å². The van der Waals surface area contributed by atoms with Crippen molar-refractivity contribution in [3.05, 3.63) is 28.2 Å². The second-order valence-corrected chi connectivity index (χ2v) is 5.56. The summed E-state index contributed by atoms with van der Waals surface area (Å²) in [5, 5.41) is 10.0. The fraction of sp³-hybridized carbons (Fsp3) is 0.400. The molecule has 0 spiro atoms. The minimum atomic E-state index is 0.321. The number of hydrogen-bond donors (Lipinski definition) is 1. The van der Waals surface area contributed by atoms with E-state index in [1.807, 2.05) is 23.9 Å². The van der Waals surface area contributed by atoms with E-state index < -0.39 is 0 Å². The molecule has 0 aliphatic carbocycles. The molecule has 1 rings (SSSR count). The summed E-state index contributed by atoms with van der Waals surface area (Å²) in [6, 6.07) is 5.71. The Morgan fingerprint density at radius 1 is 1.46 bits per heavy atom. The van der Waals surface area contributed by atoms with Gasteiger partial charge in [-0.15, -0.1) is 0 Å². The normalized spacial score (nSPS) is 10.8. The summed E-state index contributed by atoms with van der Waals surface area (Å²) in [5.74, 6) is 1.28. The molecular weight excluding hydrogens is 248 g/mol. The molecule has 1 aromatic rings. The van der Waals surface area contributed by atoms with Crippen LogP contribution in [-0.4, -0.2) is 10.4 Å². The number of benzene rings is 1. The van der Waals surface area contributed by atoms with Gasteiger partial charge < -0.3 is 5.11 Å². The van der Waals surface area contributed by atoms with Crippen LogP contribution in [0.3, 0.4) is 0 Å². The SMILES string of the molecule is CC(C)SCc1ccc(Br)c(O)c1. The molecule has 0 unspecified atom stereocenters. The van der Waals surface area contributed by atoms with Crippen molar-refractivity contribution in [2.45, 2.75) is 24.9 Å². The number of rotatable bonds is 3. The van der Waals surface area contributed by atoms with E-state index >= 15 is 0 Å². The lowest BCUT2D eigenvalue weighted by Gasteiger charge is -2.05. The van der Waals surface area contributed by atoms with Crippen LogP contribution in [0.2, 0.25) is 0 Å². The van der Waals surface area contributed by atoms with Gasteiger partial charge in [-0.3, -0.25) is 0 Å². The van der Waals surface area contributed by atoms with Crippen molar-refractivity contribution in [3.63, 3.8) is 0 Å². The molecule has 0 saturated carbocycles. The fourth-order valence-electron chi connectivity index (χ4n) is 0.911. The second-order valence-electron chi connectivity index (χ2n) is 3.15. The average molecular weight is 261 g/mol. The van der Waals surface area contributed by atoms with Crippen molar-refractivity contribution in [1.82, 2.24) is 0 Å². The van der Waals surface area contributed by atoms with Gasteiger partial charge in [-0.1, -0.05) is 19.9 Å². The molecule has 3 heteroatoms. The van der Waals surface area contributed by atoms with Gasteiger partial charge in [0, 0.05) is 5.75 Å². The Hall–Kier alpha value is -0.150. The molecule has 0 aromatic heterocycles. The molecular formula is C10H13BrOS. The third-order valence-corrected chi connectivity index (χ3v) is 3.43. The number of halogens is 1. The molecule has 0 aliphatic rings. The number of aromatic hydroxyl groups is 1. The van der Waals surface area contributed by atoms with Gasteiger partial charge in [-0.2, -0.15) is 11.8 Å². The molecule has 0 bridgehead atoms. The molecule has 1 N–H and O–H groups in total. The van der Waals surface area contributed by atoms with Crippen molar-refractivity contribution in [2.75, 3.05) is 0 Å². The van der Waals surface area contributed by atoms with E-state index in [9.17, 15) is 5.11 Å². The zero-order valence-corrected chi connectivity index (χ0v) is 10.2. The van der Waals surface area contributed by atoms with E-state index in [-0.39, 0.29) is 0 Å². The van der Waals surface area contributed by atoms with Crippen molar-refractivity contribution < 1.29 is 5.11 Å². The van der Waals surface area contributed by atoms with Gasteiger partial charge in [-0.25, -0.2) is 0 Å². The van der Waals surface area contributed by atoms with E-state index in [1.54, 1.807) is 6.07 Å². The summed E-state index contributed by atoms with van der Waals surface area (Å²) in [7, 11) is 0. The van der Waals surface area contributed by atoms with Gasteiger partial charge in [0.15, 0.2) is 0 Å². The Bertz CT molecular complexity index is 286. The molecule has 0 aliphatic heterocycles. The molecule has 0 atom stereocenters. The molecule has 72 valence electrons. The average Bonchev–Trinajstić information content (AvgIpc) is 2.07. The molecule has 0 fully saturated rings. The van der Waals surface area contributed by atoms with Gasteiger partial charge >= 0.3 is 0 Å². The zero-order chi connectivity index (χ0) is 9.84. The summed E-state index contributed by atoms with van der Waals surface area (Å²) < 4.78 is 0.755. The summed E-state index contributed by atoms with van der Waals surface area (Å²) in [4.78, 5) is 0. The van der Waals surface area contributed by atoms with Crippen LogP contribution in [0.15, 0.2) is 22.7 Å². The van der Waals surface area contributed by atoms with Crippen LogP contribution in [0, 0.1) is 0 Å². The topological polar surface area (TPSA) is 20.2 Å². The third-order valence-electron chi connectivity index (χ3n) is 1.59. The number of hydrogen-bond acceptors (Lipinski definition) is 2. The lowest BCUT2D eigenvalue weighted by atomic mass is 10.2. The van der Waals surface area contributed by atoms with Crippen LogP contribution in [0.25, 0.3) is 0 Å². The van der Waals surface area contributed by atoms with Gasteiger partial charge in [0.05, 0.1) is 4.47 Å². The molecule has 0 radical (unpaired) electrons. The highest BCUT2D eigenvalue weighted by atomic mass is 79.9. The Morgan fingerprint density at radius 3 is 2.69 bits per heavy atom. The number of phenolic OH excluding ortho intramolecular Hbond substituents is 1. The molecule has 13 heavy (non-hydrogen) atoms. The maximum absolute atomic E-state index is 9.41. The van der Waals surface area contributed by atoms with E-state index in [0.717, 1.165) is 10.2 Å². The largest absolute Gasteiger partial charge is 0.507 e. The summed E-state index contributed by atoms with van der Waals surface area (Å²) in [5.41, 5.74) is 1.17. The molecule has 0 amide bonds. The maximum atomic E-state index is 9.41. The predicted molar refractivity (Wildman–Crippen MR) is 62.2 cm³/mol. The van der Waals surface area contributed by atoms with Gasteiger partial charge in [0.25, 0.3) is 0 Å². The molecule has 0 heterocycles. The standard InChI is InChI=1S/C10H13BrOS/c1-7(2)13-6-8-3-4-9(11)10(12)5-8/h3-5,7,12H,6H2,1-2H3. The monoisotopic (exact) mass is 260 g/mol. The van der Waals surface area contributed by atoms with Crippen molar-refractivity contribution in [1.29, 1.82) is 0 Å². The summed E-state index contributed by atoms with van der Waals surface area (Å²) in [6.07, 6.45) is 0. The first kappa shape index (κ1) is 10.9. The van der Waals surface area contributed by atoms with Gasteiger partial charge in [0.2, 0.25) is 0 Å². The van der Waals surface area contributed by atoms with E-state index in [1.165, 1.54) is 5.56 Å². The van der Waals surface area contributed by atoms with Crippen LogP contribution in [0.5, 0.6) is 5.75 Å². The van der Waals surface area contributed by atoms with Crippen molar-refractivity contribution in [3.8, 4) is 5.75 Å². The van der Waals surface area contributed by atoms with Crippen molar-refractivity contribution in [2.24, 2.45) is 0 Å². The quantitative estimate of drug-likeness (QED) is 0.893. The highest BCUT2D eigenvalue weighted by Gasteiger charge is 2.00. The number of phenols is 1. The zero-order valence-electron chi connectivity index (χ0n) is 7.75. The van der Waals surface area contributed by atoms with Crippen LogP contribution in [0.1, 0.15) is 19.4 Å². The Morgan fingerprint density at radius 2 is 2.15 bits per heavy atom. The summed E-state index contributed by atoms with van der Waals surface area (Å²) >= 11 is 5.13. The fourth-order valence-corrected chi connectivity index (χ4v) is 1.86. The van der Waals surface area contributed by atoms with E-state index in [0.29, 0.717) is 11.0 Å². The Balaban J connectivity index is 2.63. The smallest absolute Gasteiger partial charge is 0.130 e. The lowest BCUT2D eigenvalue weighted by molar-refractivity contribution is 0.471. The van der Waals surface area contributed by atoms with Crippen LogP contribution in [-0.2, 0) is 5.75 Å². The van der Waals surface area contributed by atoms with Crippen LogP contribution < -0.4 is 0 Å². The Kier molecular flexibility index (Phi) is 4.13. The van der Waals surface area contributed by atoms with E-state index in [2.05, 4.69) is 29.8 Å². The predicted octanol–water partition coefficient (Wildman–Crippen LogP) is 3.80. The minimum Gasteiger partial charge on any atom is -0.507 e. The first-order valence-electron chi connectivity index (χ1n) is 4.18. The first-order chi connectivity index (χ1) is 6.09. The van der Waals surface area contributed by atoms with Crippen LogP contribution >= 0.6 is 27.7 Å². The van der Waals surface area contributed by atoms with Gasteiger partial charge in [0.1, 0.15) is 5.75 Å². The first-order valence-corrected chi connectivity index (χ1v) is 6.03. The lowest BCUT2D eigenvalue weighted by Crippen LogP contribution is -1.88. The maximum Gasteiger partial charge on any atom is 0.130 e. The molecule has 1 aromatic carbocycles. The molecule has 1 nitrogen and oxygen atoms in total. The highest BCUT2D eigenvalue weighted by Crippen LogP contribution is 2.26.